The minimum Gasteiger partial charge on any atom is -0.480 e. The Hall–Kier alpha value is -3.48. The van der Waals surface area contributed by atoms with Gasteiger partial charge >= 0.3 is 5.97 Å². The van der Waals surface area contributed by atoms with Crippen LogP contribution in [0.2, 0.25) is 0 Å². The number of nitrogens with one attached hydrogen (secondary N) is 1. The second-order valence-electron chi connectivity index (χ2n) is 5.43. The summed E-state index contributed by atoms with van der Waals surface area (Å²) in [5.41, 5.74) is 2.08. The van der Waals surface area contributed by atoms with Crippen LogP contribution in [0.1, 0.15) is 17.4 Å². The predicted octanol–water partition coefficient (Wildman–Crippen LogP) is 2.14. The van der Waals surface area contributed by atoms with Crippen LogP contribution in [0.25, 0.3) is 16.9 Å². The molecule has 0 aliphatic rings. The smallest absolute Gasteiger partial charge is 0.325 e. The summed E-state index contributed by atoms with van der Waals surface area (Å²) >= 11 is 0. The maximum Gasteiger partial charge on any atom is 0.325 e. The zero-order chi connectivity index (χ0) is 17.8. The summed E-state index contributed by atoms with van der Waals surface area (Å²) in [5.74, 6) is -1.71. The molecule has 2 N–H and O–H groups in total. The molecule has 7 nitrogen and oxygen atoms in total. The highest BCUT2D eigenvalue weighted by atomic mass is 16.4. The van der Waals surface area contributed by atoms with Crippen LogP contribution in [0, 0.1) is 0 Å². The largest absolute Gasteiger partial charge is 0.480 e. The van der Waals surface area contributed by atoms with E-state index in [1.165, 1.54) is 6.92 Å². The molecule has 3 rings (SSSR count). The summed E-state index contributed by atoms with van der Waals surface area (Å²) in [7, 11) is 0. The lowest BCUT2D eigenvalue weighted by Crippen LogP contribution is -2.38. The van der Waals surface area contributed by atoms with Crippen molar-refractivity contribution >= 4 is 11.9 Å². The van der Waals surface area contributed by atoms with Gasteiger partial charge in [-0.2, -0.15) is 0 Å². The highest BCUT2D eigenvalue weighted by molar-refractivity contribution is 6.00. The van der Waals surface area contributed by atoms with E-state index in [9.17, 15) is 9.59 Å². The van der Waals surface area contributed by atoms with E-state index in [4.69, 9.17) is 5.11 Å². The molecule has 3 aromatic rings. The molecule has 1 heterocycles. The van der Waals surface area contributed by atoms with E-state index in [1.807, 2.05) is 60.7 Å². The molecule has 126 valence electrons. The number of nitrogens with zero attached hydrogens (tertiary/aromatic N) is 3. The summed E-state index contributed by atoms with van der Waals surface area (Å²) in [6.45, 7) is 1.39. The fourth-order valence-electron chi connectivity index (χ4n) is 2.37. The molecule has 0 aliphatic heterocycles. The maximum atomic E-state index is 12.5. The summed E-state index contributed by atoms with van der Waals surface area (Å²) in [6, 6.07) is 17.5. The molecule has 1 aromatic heterocycles. The molecule has 1 unspecified atom stereocenters. The Morgan fingerprint density at radius 3 is 2.24 bits per heavy atom. The first-order valence-corrected chi connectivity index (χ1v) is 7.68. The van der Waals surface area contributed by atoms with Crippen LogP contribution in [-0.4, -0.2) is 38.0 Å². The molecule has 1 atom stereocenters. The number of para-hydroxylation sites is 1. The predicted molar refractivity (Wildman–Crippen MR) is 91.4 cm³/mol. The standard InChI is InChI=1S/C18H16N4O3/c1-12(18(24)25)19-17(23)15-16(13-8-4-2-5-9-13)22(21-20-15)14-10-6-3-7-11-14/h2-12H,1H3,(H,19,23)(H,24,25). The Kier molecular flexibility index (Phi) is 4.56. The van der Waals surface area contributed by atoms with Gasteiger partial charge in [0.1, 0.15) is 11.7 Å². The van der Waals surface area contributed by atoms with Crippen LogP contribution >= 0.6 is 0 Å². The van der Waals surface area contributed by atoms with E-state index in [0.29, 0.717) is 5.69 Å². The number of benzene rings is 2. The number of aromatic nitrogens is 3. The first kappa shape index (κ1) is 16.4. The van der Waals surface area contributed by atoms with Crippen molar-refractivity contribution in [1.29, 1.82) is 0 Å². The Morgan fingerprint density at radius 2 is 1.64 bits per heavy atom. The molecule has 25 heavy (non-hydrogen) atoms. The molecule has 0 saturated carbocycles. The SMILES string of the molecule is CC(NC(=O)c1nnn(-c2ccccc2)c1-c1ccccc1)C(=O)O. The van der Waals surface area contributed by atoms with Crippen molar-refractivity contribution in [3.05, 3.63) is 66.4 Å². The van der Waals surface area contributed by atoms with Crippen LogP contribution in [0.3, 0.4) is 0 Å². The number of carbonyl (C=O) groups is 2. The zero-order valence-electron chi connectivity index (χ0n) is 13.5. The van der Waals surface area contributed by atoms with Gasteiger partial charge in [0.05, 0.1) is 5.69 Å². The highest BCUT2D eigenvalue weighted by Gasteiger charge is 2.24. The van der Waals surface area contributed by atoms with Gasteiger partial charge in [-0.15, -0.1) is 5.10 Å². The van der Waals surface area contributed by atoms with Gasteiger partial charge in [0.2, 0.25) is 0 Å². The van der Waals surface area contributed by atoms with Crippen molar-refractivity contribution < 1.29 is 14.7 Å². The fraction of sp³-hybridized carbons (Fsp3) is 0.111. The van der Waals surface area contributed by atoms with Crippen molar-refractivity contribution in [3.63, 3.8) is 0 Å². The van der Waals surface area contributed by atoms with Crippen LogP contribution in [0.15, 0.2) is 60.7 Å². The molecule has 0 radical (unpaired) electrons. The van der Waals surface area contributed by atoms with Gasteiger partial charge in [0.15, 0.2) is 5.69 Å². The average molecular weight is 336 g/mol. The molecule has 2 aromatic carbocycles. The van der Waals surface area contributed by atoms with Crippen molar-refractivity contribution in [2.75, 3.05) is 0 Å². The second kappa shape index (κ2) is 6.96. The van der Waals surface area contributed by atoms with E-state index >= 15 is 0 Å². The van der Waals surface area contributed by atoms with Gasteiger partial charge in [-0.05, 0) is 19.1 Å². The van der Waals surface area contributed by atoms with Gasteiger partial charge in [-0.3, -0.25) is 9.59 Å². The lowest BCUT2D eigenvalue weighted by atomic mass is 10.1. The average Bonchev–Trinajstić information content (AvgIpc) is 3.08. The van der Waals surface area contributed by atoms with Crippen LogP contribution < -0.4 is 5.32 Å². The van der Waals surface area contributed by atoms with E-state index in [0.717, 1.165) is 11.3 Å². The number of rotatable bonds is 5. The Balaban J connectivity index is 2.09. The van der Waals surface area contributed by atoms with Crippen molar-refractivity contribution in [3.8, 4) is 16.9 Å². The molecule has 0 saturated heterocycles. The quantitative estimate of drug-likeness (QED) is 0.744. The summed E-state index contributed by atoms with van der Waals surface area (Å²) in [5, 5.41) is 19.5. The highest BCUT2D eigenvalue weighted by Crippen LogP contribution is 2.25. The third-order valence-electron chi connectivity index (χ3n) is 3.65. The fourth-order valence-corrected chi connectivity index (χ4v) is 2.37. The van der Waals surface area contributed by atoms with Crippen molar-refractivity contribution in [2.45, 2.75) is 13.0 Å². The molecular formula is C18H16N4O3. The van der Waals surface area contributed by atoms with E-state index in [-0.39, 0.29) is 5.69 Å². The van der Waals surface area contributed by atoms with Gasteiger partial charge in [0, 0.05) is 5.56 Å². The normalized spacial score (nSPS) is 11.7. The van der Waals surface area contributed by atoms with E-state index in [2.05, 4.69) is 15.6 Å². The van der Waals surface area contributed by atoms with Crippen LogP contribution in [-0.2, 0) is 4.79 Å². The molecule has 1 amide bonds. The minimum atomic E-state index is -1.12. The molecular weight excluding hydrogens is 320 g/mol. The number of amides is 1. The number of carboxylic acids is 1. The first-order valence-electron chi connectivity index (χ1n) is 7.68. The van der Waals surface area contributed by atoms with Crippen LogP contribution in [0.5, 0.6) is 0 Å². The number of carboxylic acid groups (broad SMARTS) is 1. The minimum absolute atomic E-state index is 0.0724. The van der Waals surface area contributed by atoms with Gasteiger partial charge in [-0.25, -0.2) is 4.68 Å². The third kappa shape index (κ3) is 3.40. The molecule has 0 fully saturated rings. The zero-order valence-corrected chi connectivity index (χ0v) is 13.5. The molecule has 0 spiro atoms. The summed E-state index contributed by atoms with van der Waals surface area (Å²) in [4.78, 5) is 23.5. The monoisotopic (exact) mass is 336 g/mol. The van der Waals surface area contributed by atoms with Crippen LogP contribution in [0.4, 0.5) is 0 Å². The maximum absolute atomic E-state index is 12.5. The molecule has 0 bridgehead atoms. The van der Waals surface area contributed by atoms with E-state index in [1.54, 1.807) is 4.68 Å². The second-order valence-corrected chi connectivity index (χ2v) is 5.43. The Morgan fingerprint density at radius 1 is 1.04 bits per heavy atom. The third-order valence-corrected chi connectivity index (χ3v) is 3.65. The number of hydrogen-bond donors (Lipinski definition) is 2. The topological polar surface area (TPSA) is 97.1 Å². The van der Waals surface area contributed by atoms with Crippen molar-refractivity contribution in [1.82, 2.24) is 20.3 Å². The van der Waals surface area contributed by atoms with Gasteiger partial charge in [-0.1, -0.05) is 53.7 Å². The van der Waals surface area contributed by atoms with Gasteiger partial charge < -0.3 is 10.4 Å². The molecule has 0 aliphatic carbocycles. The Labute approximate surface area is 143 Å². The summed E-state index contributed by atoms with van der Waals surface area (Å²) in [6.07, 6.45) is 0. The lowest BCUT2D eigenvalue weighted by molar-refractivity contribution is -0.138. The Bertz CT molecular complexity index is 891. The first-order chi connectivity index (χ1) is 12.1. The van der Waals surface area contributed by atoms with Crippen molar-refractivity contribution in [2.24, 2.45) is 0 Å². The van der Waals surface area contributed by atoms with E-state index < -0.39 is 17.9 Å². The lowest BCUT2D eigenvalue weighted by Gasteiger charge is -2.10. The summed E-state index contributed by atoms with van der Waals surface area (Å²) < 4.78 is 1.57. The number of hydrogen-bond acceptors (Lipinski definition) is 4. The molecule has 7 heteroatoms. The number of carbonyl (C=O) groups excluding carboxylic acids is 1. The van der Waals surface area contributed by atoms with Gasteiger partial charge in [0.25, 0.3) is 5.91 Å². The number of aliphatic carboxylic acids is 1.